The maximum atomic E-state index is 13.4. The van der Waals surface area contributed by atoms with E-state index in [2.05, 4.69) is 42.1 Å². The van der Waals surface area contributed by atoms with Crippen molar-refractivity contribution < 1.29 is 100 Å². The summed E-state index contributed by atoms with van der Waals surface area (Å²) in [5.41, 5.74) is 7.04. The van der Waals surface area contributed by atoms with Crippen molar-refractivity contribution >= 4 is 93.5 Å². The van der Waals surface area contributed by atoms with Crippen LogP contribution in [0.2, 0.25) is 0 Å². The van der Waals surface area contributed by atoms with Crippen LogP contribution in [-0.4, -0.2) is 171 Å². The lowest BCUT2D eigenvalue weighted by Gasteiger charge is -2.24. The van der Waals surface area contributed by atoms with Gasteiger partial charge in [-0.05, 0) is 202 Å². The van der Waals surface area contributed by atoms with Crippen LogP contribution in [0.5, 0.6) is 23.0 Å². The minimum atomic E-state index is -0.907. The van der Waals surface area contributed by atoms with Crippen molar-refractivity contribution in [2.45, 2.75) is 205 Å². The smallest absolute Gasteiger partial charge is 0.311 e. The fourth-order valence-electron chi connectivity index (χ4n) is 15.8. The quantitative estimate of drug-likeness (QED) is 0.0130. The molecule has 29 nitrogen and oxygen atoms in total. The van der Waals surface area contributed by atoms with Gasteiger partial charge in [-0.2, -0.15) is 0 Å². The maximum absolute atomic E-state index is 13.4. The third-order valence-electron chi connectivity index (χ3n) is 24.3. The van der Waals surface area contributed by atoms with E-state index >= 15 is 0 Å². The lowest BCUT2D eigenvalue weighted by atomic mass is 9.86. The molecule has 8 atom stereocenters. The minimum absolute atomic E-state index is 0.0510. The van der Waals surface area contributed by atoms with Gasteiger partial charge in [0.1, 0.15) is 23.0 Å². The van der Waals surface area contributed by atoms with Crippen LogP contribution in [-0.2, 0) is 88.1 Å². The monoisotopic (exact) mass is 1880 g/mol. The summed E-state index contributed by atoms with van der Waals surface area (Å²) in [6.07, 6.45) is 11.3. The zero-order valence-corrected chi connectivity index (χ0v) is 79.9. The van der Waals surface area contributed by atoms with Gasteiger partial charge < -0.3 is 56.2 Å². The molecule has 5 aliphatic carbocycles. The Balaban J connectivity index is 0.000000190. The Hall–Kier alpha value is -14.0. The molecule has 8 amide bonds. The van der Waals surface area contributed by atoms with E-state index in [0.717, 1.165) is 86.5 Å². The summed E-state index contributed by atoms with van der Waals surface area (Å²) in [5.74, 6) is -8.27. The van der Waals surface area contributed by atoms with Crippen LogP contribution in [0, 0.1) is 47.3 Å². The van der Waals surface area contributed by atoms with Crippen molar-refractivity contribution in [2.24, 2.45) is 47.3 Å². The molecule has 0 bridgehead atoms. The first kappa shape index (κ1) is 106. The van der Waals surface area contributed by atoms with Crippen LogP contribution in [0.4, 0.5) is 0 Å². The number of carbonyl (C=O) groups excluding carboxylic acids is 16. The Morgan fingerprint density at radius 3 is 0.812 bits per heavy atom. The number of benzene rings is 8. The minimum Gasteiger partial charge on any atom is -0.497 e. The maximum Gasteiger partial charge on any atom is 0.311 e. The summed E-state index contributed by atoms with van der Waals surface area (Å²) in [4.78, 5) is 211. The van der Waals surface area contributed by atoms with Gasteiger partial charge in [-0.3, -0.25) is 81.6 Å². The highest BCUT2D eigenvalue weighted by molar-refractivity contribution is 6.39. The highest BCUT2D eigenvalue weighted by atomic mass is 16.6. The molecule has 5 fully saturated rings. The summed E-state index contributed by atoms with van der Waals surface area (Å²) in [7, 11) is 7.31. The van der Waals surface area contributed by atoms with Crippen molar-refractivity contribution in [3.05, 3.63) is 263 Å². The molecule has 8 aromatic rings. The second kappa shape index (κ2) is 53.5. The van der Waals surface area contributed by atoms with E-state index in [4.69, 9.17) is 18.9 Å². The molecule has 13 rings (SSSR count). The van der Waals surface area contributed by atoms with Gasteiger partial charge in [-0.25, -0.2) is 5.48 Å². The number of hydroxylamine groups is 1. The van der Waals surface area contributed by atoms with E-state index in [9.17, 15) is 76.7 Å². The Bertz CT molecular complexity index is 5360. The molecular formula is C109H128N8O21. The van der Waals surface area contributed by atoms with Crippen molar-refractivity contribution in [3.63, 3.8) is 0 Å². The first-order valence-electron chi connectivity index (χ1n) is 47.4. The third-order valence-corrected chi connectivity index (χ3v) is 24.3. The zero-order chi connectivity index (χ0) is 99.3. The van der Waals surface area contributed by atoms with Gasteiger partial charge in [0.05, 0.1) is 59.7 Å². The Morgan fingerprint density at radius 1 is 0.297 bits per heavy atom. The number of Topliss-reactive ketones (excluding diaryl/α,β-unsaturated/α-hetero) is 8. The highest BCUT2D eigenvalue weighted by Crippen LogP contribution is 2.37. The first-order chi connectivity index (χ1) is 66.4. The molecule has 0 aliphatic heterocycles. The second-order valence-corrected chi connectivity index (χ2v) is 36.8. The van der Waals surface area contributed by atoms with Crippen LogP contribution in [0.3, 0.4) is 0 Å². The van der Waals surface area contributed by atoms with Crippen LogP contribution in [0.15, 0.2) is 218 Å². The number of hydrogen-bond acceptors (Lipinski definition) is 21. The average Bonchev–Trinajstić information content (AvgIpc) is 1.56. The lowest BCUT2D eigenvalue weighted by molar-refractivity contribution is -0.147. The number of methoxy groups -OCH3 is 4. The van der Waals surface area contributed by atoms with Crippen LogP contribution < -0.4 is 61.6 Å². The Morgan fingerprint density at radius 2 is 0.558 bits per heavy atom. The predicted octanol–water partition coefficient (Wildman–Crippen LogP) is 12.5. The van der Waals surface area contributed by atoms with E-state index in [0.29, 0.717) is 82.8 Å². The summed E-state index contributed by atoms with van der Waals surface area (Å²) < 4.78 is 20.7. The number of ether oxygens (including phenoxy) is 4. The molecule has 29 heteroatoms. The van der Waals surface area contributed by atoms with Gasteiger partial charge in [-0.1, -0.05) is 199 Å². The molecule has 138 heavy (non-hydrogen) atoms. The van der Waals surface area contributed by atoms with E-state index in [1.54, 1.807) is 97.1 Å². The van der Waals surface area contributed by atoms with Gasteiger partial charge in [-0.15, -0.1) is 0 Å². The predicted molar refractivity (Wildman–Crippen MR) is 518 cm³/mol. The molecule has 0 spiro atoms. The van der Waals surface area contributed by atoms with E-state index in [-0.39, 0.29) is 116 Å². The molecule has 0 saturated heterocycles. The molecule has 8 aromatic carbocycles. The van der Waals surface area contributed by atoms with Crippen LogP contribution >= 0.6 is 0 Å². The SMILES string of the molecule is CONC(=O)C(=O)[C@@H](CC(=O)[C@H](CC1CC1)NC(=O)c1cccc(OC)c1)Cc1ccccc1.COc1cccc(C(=O)N[C@@H](CC(C)C)C(=O)C[C@@H](Cc2ccccc2)C(=O)C(=O)NC2CC2)c1.COc1cccc(C(=O)N[C@@H](CC2CC2)C(=O)C[C@@H](Cc2ccccc2)C(=O)C(=O)NC2CC2)c1.COc1cccc(C(=O)N[C@H](C(=O)C[C@@H](Cc2ccccc2)C(=O)C(=O)NC2CC2)C(C)C)c1. The van der Waals surface area contributed by atoms with Crippen molar-refractivity contribution in [1.29, 1.82) is 0 Å². The van der Waals surface area contributed by atoms with Gasteiger partial charge in [0.2, 0.25) is 23.1 Å². The number of ketones is 8. The van der Waals surface area contributed by atoms with Crippen LogP contribution in [0.1, 0.15) is 201 Å². The standard InChI is InChI=1S/C28H32N2O5.C28H34N2O5.C27H32N2O5.C26H30N2O6/c1-35-23-9-5-8-20(16-23)27(33)30-24(15-19-10-11-19)25(31)17-21(14-18-6-3-2-4-7-18)26(32)28(34)29-22-12-13-22;1-18(2)14-24(30-27(33)20-10-7-11-23(16-20)35-3)25(31)17-21(15-19-8-5-4-6-9-19)26(32)28(34)29-22-12-13-22;1-17(2)24(29-26(32)19-10-7-11-22(15-19)34-3)23(30)16-20(14-18-8-5-4-6-9-18)25(31)27(33)28-21-12-13-21;1-33-21-10-6-9-19(15-21)25(31)27-22(14-18-11-12-18)23(29)16-20(24(30)26(32)28-34-2)13-17-7-4-3-5-8-17/h2-9,16,19,21-22,24H,10-15,17H2,1H3,(H,29,34)(H,30,33);4-11,16,18,21-22,24H,12-15,17H2,1-3H3,(H,29,34)(H,30,33);4-11,15,17,20-21,24H,12-14,16H2,1-3H3,(H,28,33)(H,29,32);3-10,15,18,20,22H,11-14,16H2,1-2H3,(H,27,31)(H,28,32)/t2*21-,24+;20-,24+;20-,22+/m1111/s1. The van der Waals surface area contributed by atoms with Gasteiger partial charge in [0.15, 0.2) is 23.1 Å². The van der Waals surface area contributed by atoms with Gasteiger partial charge >= 0.3 is 5.91 Å². The lowest BCUT2D eigenvalue weighted by Crippen LogP contribution is -2.46. The van der Waals surface area contributed by atoms with Gasteiger partial charge in [0, 0.05) is 89.7 Å². The molecular weight excluding hydrogens is 1760 g/mol. The molecule has 0 heterocycles. The van der Waals surface area contributed by atoms with E-state index < -0.39 is 101 Å². The summed E-state index contributed by atoms with van der Waals surface area (Å²) in [6, 6.07) is 61.2. The fourth-order valence-corrected chi connectivity index (χ4v) is 15.8. The Kier molecular flexibility index (Phi) is 41.1. The van der Waals surface area contributed by atoms with Crippen LogP contribution in [0.25, 0.3) is 0 Å². The highest BCUT2D eigenvalue weighted by Gasteiger charge is 2.41. The van der Waals surface area contributed by atoms with E-state index in [1.807, 2.05) is 155 Å². The summed E-state index contributed by atoms with van der Waals surface area (Å²) >= 11 is 0. The molecule has 8 N–H and O–H groups in total. The number of carbonyl (C=O) groups is 16. The largest absolute Gasteiger partial charge is 0.497 e. The molecule has 5 aliphatic rings. The molecule has 5 saturated carbocycles. The zero-order valence-electron chi connectivity index (χ0n) is 79.9. The van der Waals surface area contributed by atoms with E-state index in [1.165, 1.54) is 35.5 Å². The topological polar surface area (TPSA) is 416 Å². The summed E-state index contributed by atoms with van der Waals surface area (Å²) in [6.45, 7) is 7.60. The normalized spacial score (nSPS) is 15.1. The number of amides is 8. The Labute approximate surface area is 806 Å². The third kappa shape index (κ3) is 35.6. The van der Waals surface area contributed by atoms with Crippen molar-refractivity contribution in [1.82, 2.24) is 42.7 Å². The molecule has 0 unspecified atom stereocenters. The van der Waals surface area contributed by atoms with Crippen molar-refractivity contribution in [3.8, 4) is 23.0 Å². The number of rotatable bonds is 51. The molecule has 0 radical (unpaired) electrons. The average molecular weight is 1890 g/mol. The second-order valence-electron chi connectivity index (χ2n) is 36.8. The molecule has 0 aromatic heterocycles. The first-order valence-corrected chi connectivity index (χ1v) is 47.4. The van der Waals surface area contributed by atoms with Crippen molar-refractivity contribution in [2.75, 3.05) is 35.5 Å². The summed E-state index contributed by atoms with van der Waals surface area (Å²) in [5, 5.41) is 19.6. The number of nitrogens with one attached hydrogen (secondary N) is 8. The fraction of sp³-hybridized carbons (Fsp3) is 0.413. The number of hydrogen-bond donors (Lipinski definition) is 8. The molecule has 730 valence electrons. The van der Waals surface area contributed by atoms with Gasteiger partial charge in [0.25, 0.3) is 41.4 Å².